The van der Waals surface area contributed by atoms with Gasteiger partial charge in [0.05, 0.1) is 11.1 Å². The largest absolute Gasteiger partial charge is 0.442 e. The maximum absolute atomic E-state index is 12.8. The van der Waals surface area contributed by atoms with E-state index in [2.05, 4.69) is 5.48 Å². The van der Waals surface area contributed by atoms with E-state index >= 15 is 0 Å². The summed E-state index contributed by atoms with van der Waals surface area (Å²) in [6, 6.07) is 15.0. The molecule has 2 aromatic rings. The van der Waals surface area contributed by atoms with Gasteiger partial charge in [0.1, 0.15) is 5.60 Å². The van der Waals surface area contributed by atoms with E-state index in [9.17, 15) is 19.2 Å². The molecule has 0 saturated heterocycles. The number of ether oxygens (including phenoxy) is 1. The number of benzene rings is 2. The summed E-state index contributed by atoms with van der Waals surface area (Å²) in [6.45, 7) is 5.01. The second kappa shape index (κ2) is 8.97. The Morgan fingerprint density at radius 3 is 2.03 bits per heavy atom. The third kappa shape index (κ3) is 5.46. The van der Waals surface area contributed by atoms with Crippen LogP contribution in [0.2, 0.25) is 0 Å². The summed E-state index contributed by atoms with van der Waals surface area (Å²) in [5.41, 5.74) is 2.25. The van der Waals surface area contributed by atoms with E-state index in [4.69, 9.17) is 14.4 Å². The Kier molecular flexibility index (Phi) is 6.36. The molecule has 1 heterocycles. The molecule has 0 radical (unpaired) electrons. The zero-order valence-electron chi connectivity index (χ0n) is 17.3. The van der Waals surface area contributed by atoms with E-state index in [1.807, 2.05) is 0 Å². The van der Waals surface area contributed by atoms with Crippen molar-refractivity contribution in [3.05, 3.63) is 71.3 Å². The Morgan fingerprint density at radius 2 is 1.48 bits per heavy atom. The van der Waals surface area contributed by atoms with Crippen LogP contribution in [0.5, 0.6) is 0 Å². The molecular formula is C22H22N2O7. The molecule has 1 unspecified atom stereocenters. The van der Waals surface area contributed by atoms with Gasteiger partial charge in [0, 0.05) is 6.42 Å². The molecule has 162 valence electrons. The van der Waals surface area contributed by atoms with Crippen molar-refractivity contribution in [3.8, 4) is 0 Å². The molecule has 1 aliphatic rings. The number of rotatable bonds is 6. The van der Waals surface area contributed by atoms with Crippen molar-refractivity contribution in [2.45, 2.75) is 38.9 Å². The minimum absolute atomic E-state index is 0.0125. The number of imide groups is 1. The quantitative estimate of drug-likeness (QED) is 0.558. The van der Waals surface area contributed by atoms with Gasteiger partial charge in [-0.25, -0.2) is 9.59 Å². The topological polar surface area (TPSA) is 111 Å². The molecule has 2 aromatic carbocycles. The molecule has 1 aliphatic heterocycles. The van der Waals surface area contributed by atoms with Gasteiger partial charge < -0.3 is 9.57 Å². The van der Waals surface area contributed by atoms with Crippen molar-refractivity contribution in [2.24, 2.45) is 0 Å². The number of amides is 3. The molecule has 0 fully saturated rings. The minimum atomic E-state index is -1.35. The first-order chi connectivity index (χ1) is 14.7. The van der Waals surface area contributed by atoms with Crippen molar-refractivity contribution in [1.82, 2.24) is 10.5 Å². The van der Waals surface area contributed by atoms with Gasteiger partial charge >= 0.3 is 12.1 Å². The normalized spacial score (nSPS) is 14.1. The Bertz CT molecular complexity index is 963. The van der Waals surface area contributed by atoms with Gasteiger partial charge in [-0.3, -0.25) is 14.4 Å². The lowest BCUT2D eigenvalue weighted by Crippen LogP contribution is -2.42. The molecule has 1 atom stereocenters. The van der Waals surface area contributed by atoms with Crippen LogP contribution in [0.1, 0.15) is 47.1 Å². The molecule has 3 amide bonds. The highest BCUT2D eigenvalue weighted by Crippen LogP contribution is 2.23. The van der Waals surface area contributed by atoms with Gasteiger partial charge in [-0.2, -0.15) is 5.48 Å². The van der Waals surface area contributed by atoms with Crippen LogP contribution < -0.4 is 5.48 Å². The average molecular weight is 426 g/mol. The van der Waals surface area contributed by atoms with E-state index in [0.29, 0.717) is 10.6 Å². The Balaban J connectivity index is 1.72. The molecule has 0 aliphatic carbocycles. The summed E-state index contributed by atoms with van der Waals surface area (Å²) < 4.78 is 5.08. The van der Waals surface area contributed by atoms with Crippen molar-refractivity contribution in [1.29, 1.82) is 0 Å². The summed E-state index contributed by atoms with van der Waals surface area (Å²) in [5, 5.41) is 0.391. The van der Waals surface area contributed by atoms with Crippen molar-refractivity contribution >= 4 is 23.9 Å². The molecule has 31 heavy (non-hydrogen) atoms. The fraction of sp³-hybridized carbons (Fsp3) is 0.273. The second-order valence-corrected chi connectivity index (χ2v) is 7.76. The molecule has 0 bridgehead atoms. The highest BCUT2D eigenvalue weighted by molar-refractivity contribution is 6.20. The number of nitrogens with one attached hydrogen (secondary N) is 1. The molecule has 0 saturated carbocycles. The van der Waals surface area contributed by atoms with Gasteiger partial charge in [-0.15, -0.1) is 0 Å². The monoisotopic (exact) mass is 426 g/mol. The third-order valence-electron chi connectivity index (χ3n) is 4.15. The summed E-state index contributed by atoms with van der Waals surface area (Å²) in [5.74, 6) is -2.55. The molecule has 3 rings (SSSR count). The molecule has 9 nitrogen and oxygen atoms in total. The van der Waals surface area contributed by atoms with Crippen LogP contribution in [0.25, 0.3) is 0 Å². The molecular weight excluding hydrogens is 404 g/mol. The number of nitrogens with zero attached hydrogens (tertiary/aromatic N) is 1. The summed E-state index contributed by atoms with van der Waals surface area (Å²) in [7, 11) is 0. The van der Waals surface area contributed by atoms with Crippen molar-refractivity contribution in [2.75, 3.05) is 0 Å². The summed E-state index contributed by atoms with van der Waals surface area (Å²) in [4.78, 5) is 59.8. The number of carbonyl (C=O) groups is 4. The van der Waals surface area contributed by atoms with Crippen LogP contribution in [0.3, 0.4) is 0 Å². The number of hydrogen-bond donors (Lipinski definition) is 1. The maximum Gasteiger partial charge on any atom is 0.431 e. The number of hydroxylamine groups is 3. The lowest BCUT2D eigenvalue weighted by Gasteiger charge is -2.22. The van der Waals surface area contributed by atoms with Gasteiger partial charge in [-0.05, 0) is 38.5 Å². The molecule has 0 spiro atoms. The Labute approximate surface area is 178 Å². The first-order valence-corrected chi connectivity index (χ1v) is 9.54. The summed E-state index contributed by atoms with van der Waals surface area (Å²) >= 11 is 0. The number of fused-ring (bicyclic) bond motifs is 1. The van der Waals surface area contributed by atoms with E-state index < -0.39 is 35.6 Å². The summed E-state index contributed by atoms with van der Waals surface area (Å²) in [6.07, 6.45) is -2.24. The average Bonchev–Trinajstić information content (AvgIpc) is 2.95. The van der Waals surface area contributed by atoms with E-state index in [1.165, 1.54) is 12.1 Å². The van der Waals surface area contributed by atoms with Gasteiger partial charge in [0.15, 0.2) is 6.10 Å². The van der Waals surface area contributed by atoms with Crippen LogP contribution in [-0.4, -0.2) is 40.6 Å². The van der Waals surface area contributed by atoms with Crippen molar-refractivity contribution < 1.29 is 33.6 Å². The van der Waals surface area contributed by atoms with Crippen molar-refractivity contribution in [3.63, 3.8) is 0 Å². The SMILES string of the molecule is CC(C)(C)OC(=O)NOC(Cc1ccccc1)C(=O)ON1C(=O)c2ccccc2C1=O. The number of hydrogen-bond acceptors (Lipinski definition) is 7. The van der Waals surface area contributed by atoms with Crippen LogP contribution in [-0.2, 0) is 25.6 Å². The van der Waals surface area contributed by atoms with Gasteiger partial charge in [0.25, 0.3) is 11.8 Å². The standard InChI is InChI=1S/C22H22N2O7/c1-22(2,3)29-21(28)23-30-17(13-14-9-5-4-6-10-14)20(27)31-24-18(25)15-11-7-8-12-16(15)19(24)26/h4-12,17H,13H2,1-3H3,(H,23,28). The molecule has 0 aromatic heterocycles. The third-order valence-corrected chi connectivity index (χ3v) is 4.15. The maximum atomic E-state index is 12.8. The second-order valence-electron chi connectivity index (χ2n) is 7.76. The van der Waals surface area contributed by atoms with Crippen LogP contribution in [0.15, 0.2) is 54.6 Å². The predicted molar refractivity (Wildman–Crippen MR) is 107 cm³/mol. The van der Waals surface area contributed by atoms with Crippen LogP contribution in [0.4, 0.5) is 4.79 Å². The fourth-order valence-electron chi connectivity index (χ4n) is 2.82. The Morgan fingerprint density at radius 1 is 0.935 bits per heavy atom. The molecule has 1 N–H and O–H groups in total. The smallest absolute Gasteiger partial charge is 0.431 e. The van der Waals surface area contributed by atoms with Gasteiger partial charge in [-0.1, -0.05) is 47.5 Å². The minimum Gasteiger partial charge on any atom is -0.442 e. The first kappa shape index (κ1) is 22.0. The highest BCUT2D eigenvalue weighted by Gasteiger charge is 2.40. The van der Waals surface area contributed by atoms with E-state index in [1.54, 1.807) is 63.2 Å². The van der Waals surface area contributed by atoms with E-state index in [0.717, 1.165) is 0 Å². The first-order valence-electron chi connectivity index (χ1n) is 9.54. The highest BCUT2D eigenvalue weighted by atomic mass is 16.8. The lowest BCUT2D eigenvalue weighted by molar-refractivity contribution is -0.185. The van der Waals surface area contributed by atoms with Crippen LogP contribution in [0, 0.1) is 0 Å². The zero-order valence-corrected chi connectivity index (χ0v) is 17.3. The van der Waals surface area contributed by atoms with E-state index in [-0.39, 0.29) is 17.5 Å². The zero-order chi connectivity index (χ0) is 22.6. The lowest BCUT2D eigenvalue weighted by atomic mass is 10.1. The fourth-order valence-corrected chi connectivity index (χ4v) is 2.82. The van der Waals surface area contributed by atoms with Crippen LogP contribution >= 0.6 is 0 Å². The predicted octanol–water partition coefficient (Wildman–Crippen LogP) is 2.81. The number of carbonyl (C=O) groups excluding carboxylic acids is 4. The van der Waals surface area contributed by atoms with Gasteiger partial charge in [0.2, 0.25) is 0 Å². The Hall–Kier alpha value is -3.72. The molecule has 9 heteroatoms.